The van der Waals surface area contributed by atoms with Gasteiger partial charge in [0.1, 0.15) is 0 Å². The average molecular weight is 361 g/mol. The lowest BCUT2D eigenvalue weighted by molar-refractivity contribution is -0.387. The van der Waals surface area contributed by atoms with Gasteiger partial charge in [-0.3, -0.25) is 14.5 Å². The Labute approximate surface area is 143 Å². The molecule has 0 aliphatic rings. The molecule has 0 aliphatic carbocycles. The third-order valence-electron chi connectivity index (χ3n) is 3.72. The standard InChI is InChI=1S/C15H15N5O4S/c1-10-6-5-7-12(20(21)22)14(10)25(23,24)18-11(2)15-17-16-13-8-3-4-9-19(13)15/h3-9,11,18H,1-2H3/t11-/m1/s1. The highest BCUT2D eigenvalue weighted by atomic mass is 32.2. The molecule has 130 valence electrons. The van der Waals surface area contributed by atoms with Crippen molar-refractivity contribution in [2.24, 2.45) is 0 Å². The van der Waals surface area contributed by atoms with Crippen LogP contribution >= 0.6 is 0 Å². The van der Waals surface area contributed by atoms with E-state index in [2.05, 4.69) is 14.9 Å². The Morgan fingerprint density at radius 2 is 1.96 bits per heavy atom. The van der Waals surface area contributed by atoms with Crippen LogP contribution in [-0.4, -0.2) is 27.9 Å². The lowest BCUT2D eigenvalue weighted by Gasteiger charge is -2.14. The lowest BCUT2D eigenvalue weighted by atomic mass is 10.2. The second-order valence-electron chi connectivity index (χ2n) is 5.51. The SMILES string of the molecule is Cc1cccc([N+](=O)[O-])c1S(=O)(=O)N[C@H](C)c1nnc2ccccn12. The normalized spacial score (nSPS) is 13.0. The van der Waals surface area contributed by atoms with Gasteiger partial charge in [-0.05, 0) is 31.5 Å². The fourth-order valence-electron chi connectivity index (χ4n) is 2.63. The first-order valence-corrected chi connectivity index (χ1v) is 8.85. The van der Waals surface area contributed by atoms with Crippen molar-refractivity contribution in [3.8, 4) is 0 Å². The zero-order chi connectivity index (χ0) is 18.2. The van der Waals surface area contributed by atoms with Crippen LogP contribution in [0.1, 0.15) is 24.4 Å². The van der Waals surface area contributed by atoms with Crippen LogP contribution in [0.4, 0.5) is 5.69 Å². The Bertz CT molecular complexity index is 1060. The predicted molar refractivity (Wildman–Crippen MR) is 89.6 cm³/mol. The molecule has 0 spiro atoms. The molecule has 10 heteroatoms. The largest absolute Gasteiger partial charge is 0.289 e. The van der Waals surface area contributed by atoms with E-state index in [1.54, 1.807) is 35.7 Å². The Balaban J connectivity index is 2.01. The monoisotopic (exact) mass is 361 g/mol. The number of sulfonamides is 1. The molecule has 1 N–H and O–H groups in total. The number of hydrogen-bond acceptors (Lipinski definition) is 6. The van der Waals surface area contributed by atoms with Gasteiger partial charge in [0.05, 0.1) is 11.0 Å². The summed E-state index contributed by atoms with van der Waals surface area (Å²) in [5.74, 6) is 0.385. The third-order valence-corrected chi connectivity index (χ3v) is 5.45. The summed E-state index contributed by atoms with van der Waals surface area (Å²) < 4.78 is 29.6. The van der Waals surface area contributed by atoms with Crippen molar-refractivity contribution in [1.29, 1.82) is 0 Å². The molecule has 0 bridgehead atoms. The molecule has 0 saturated heterocycles. The Morgan fingerprint density at radius 1 is 1.20 bits per heavy atom. The molecule has 0 saturated carbocycles. The number of rotatable bonds is 5. The number of pyridine rings is 1. The van der Waals surface area contributed by atoms with Gasteiger partial charge in [-0.15, -0.1) is 10.2 Å². The molecular formula is C15H15N5O4S. The number of aromatic nitrogens is 3. The summed E-state index contributed by atoms with van der Waals surface area (Å²) in [6.45, 7) is 3.11. The Hall–Kier alpha value is -2.85. The molecule has 9 nitrogen and oxygen atoms in total. The molecule has 0 aliphatic heterocycles. The fourth-order valence-corrected chi connectivity index (χ4v) is 4.23. The van der Waals surface area contributed by atoms with E-state index in [4.69, 9.17) is 0 Å². The molecule has 25 heavy (non-hydrogen) atoms. The highest BCUT2D eigenvalue weighted by Gasteiger charge is 2.30. The minimum absolute atomic E-state index is 0.292. The number of fused-ring (bicyclic) bond motifs is 1. The fraction of sp³-hybridized carbons (Fsp3) is 0.200. The van der Waals surface area contributed by atoms with Crippen molar-refractivity contribution in [2.45, 2.75) is 24.8 Å². The van der Waals surface area contributed by atoms with E-state index < -0.39 is 26.7 Å². The molecule has 1 atom stereocenters. The maximum absolute atomic E-state index is 12.7. The second kappa shape index (κ2) is 6.22. The molecule has 2 heterocycles. The van der Waals surface area contributed by atoms with Crippen LogP contribution in [0.25, 0.3) is 5.65 Å². The summed E-state index contributed by atoms with van der Waals surface area (Å²) in [6.07, 6.45) is 1.71. The number of nitrogens with zero attached hydrogens (tertiary/aromatic N) is 4. The molecular weight excluding hydrogens is 346 g/mol. The number of hydrogen-bond donors (Lipinski definition) is 1. The van der Waals surface area contributed by atoms with Crippen LogP contribution in [-0.2, 0) is 10.0 Å². The van der Waals surface area contributed by atoms with E-state index in [-0.39, 0.29) is 4.90 Å². The topological polar surface area (TPSA) is 120 Å². The number of nitro benzene ring substituents is 1. The summed E-state index contributed by atoms with van der Waals surface area (Å²) in [6, 6.07) is 8.69. The van der Waals surface area contributed by atoms with Crippen LogP contribution in [0, 0.1) is 17.0 Å². The van der Waals surface area contributed by atoms with E-state index in [1.807, 2.05) is 0 Å². The zero-order valence-corrected chi connectivity index (χ0v) is 14.3. The van der Waals surface area contributed by atoms with E-state index in [9.17, 15) is 18.5 Å². The van der Waals surface area contributed by atoms with Gasteiger partial charge in [0.15, 0.2) is 16.4 Å². The molecule has 0 radical (unpaired) electrons. The van der Waals surface area contributed by atoms with E-state index >= 15 is 0 Å². The van der Waals surface area contributed by atoms with Gasteiger partial charge in [-0.25, -0.2) is 13.1 Å². The van der Waals surface area contributed by atoms with Gasteiger partial charge >= 0.3 is 0 Å². The van der Waals surface area contributed by atoms with Crippen molar-refractivity contribution in [1.82, 2.24) is 19.3 Å². The number of benzene rings is 1. The van der Waals surface area contributed by atoms with E-state index in [0.717, 1.165) is 0 Å². The maximum atomic E-state index is 12.7. The van der Waals surface area contributed by atoms with Gasteiger partial charge in [0.25, 0.3) is 5.69 Å². The Kier molecular flexibility index (Phi) is 4.23. The third kappa shape index (κ3) is 3.08. The maximum Gasteiger partial charge on any atom is 0.289 e. The molecule has 0 amide bonds. The number of aryl methyl sites for hydroxylation is 1. The summed E-state index contributed by atoms with van der Waals surface area (Å²) in [5.41, 5.74) is 0.399. The lowest BCUT2D eigenvalue weighted by Crippen LogP contribution is -2.29. The second-order valence-corrected chi connectivity index (χ2v) is 7.16. The summed E-state index contributed by atoms with van der Waals surface area (Å²) >= 11 is 0. The van der Waals surface area contributed by atoms with Crippen LogP contribution in [0.15, 0.2) is 47.5 Å². The van der Waals surface area contributed by atoms with Gasteiger partial charge in [0, 0.05) is 12.3 Å². The van der Waals surface area contributed by atoms with Crippen molar-refractivity contribution in [3.63, 3.8) is 0 Å². The minimum atomic E-state index is -4.13. The van der Waals surface area contributed by atoms with E-state index in [0.29, 0.717) is 17.0 Å². The number of nitro groups is 1. The summed E-state index contributed by atoms with van der Waals surface area (Å²) in [4.78, 5) is 10.1. The quantitative estimate of drug-likeness (QED) is 0.548. The summed E-state index contributed by atoms with van der Waals surface area (Å²) in [5, 5.41) is 19.2. The highest BCUT2D eigenvalue weighted by molar-refractivity contribution is 7.89. The predicted octanol–water partition coefficient (Wildman–Crippen LogP) is 1.99. The number of nitrogens with one attached hydrogen (secondary N) is 1. The van der Waals surface area contributed by atoms with E-state index in [1.165, 1.54) is 25.1 Å². The average Bonchev–Trinajstić information content (AvgIpc) is 2.98. The first-order chi connectivity index (χ1) is 11.8. The van der Waals surface area contributed by atoms with Crippen molar-refractivity contribution in [3.05, 3.63) is 64.1 Å². The van der Waals surface area contributed by atoms with Crippen molar-refractivity contribution < 1.29 is 13.3 Å². The van der Waals surface area contributed by atoms with Crippen LogP contribution in [0.5, 0.6) is 0 Å². The molecule has 1 aromatic carbocycles. The van der Waals surface area contributed by atoms with Gasteiger partial charge in [0.2, 0.25) is 10.0 Å². The minimum Gasteiger partial charge on any atom is -0.285 e. The van der Waals surface area contributed by atoms with Crippen molar-refractivity contribution in [2.75, 3.05) is 0 Å². The Morgan fingerprint density at radius 3 is 2.68 bits per heavy atom. The molecule has 3 rings (SSSR count). The zero-order valence-electron chi connectivity index (χ0n) is 13.4. The first-order valence-electron chi connectivity index (χ1n) is 7.37. The highest BCUT2D eigenvalue weighted by Crippen LogP contribution is 2.28. The molecule has 0 unspecified atom stereocenters. The van der Waals surface area contributed by atoms with Crippen LogP contribution in [0.2, 0.25) is 0 Å². The van der Waals surface area contributed by atoms with Crippen LogP contribution in [0.3, 0.4) is 0 Å². The molecule has 0 fully saturated rings. The molecule has 2 aromatic heterocycles. The first kappa shape index (κ1) is 17.0. The van der Waals surface area contributed by atoms with Crippen LogP contribution < -0.4 is 4.72 Å². The summed E-state index contributed by atoms with van der Waals surface area (Å²) in [7, 11) is -4.13. The van der Waals surface area contributed by atoms with Gasteiger partial charge in [-0.2, -0.15) is 0 Å². The smallest absolute Gasteiger partial charge is 0.285 e. The van der Waals surface area contributed by atoms with Gasteiger partial charge in [-0.1, -0.05) is 18.2 Å². The van der Waals surface area contributed by atoms with Gasteiger partial charge < -0.3 is 0 Å². The molecule has 3 aromatic rings. The van der Waals surface area contributed by atoms with Crippen molar-refractivity contribution >= 4 is 21.4 Å².